The van der Waals surface area contributed by atoms with Gasteiger partial charge in [-0.2, -0.15) is 0 Å². The fourth-order valence-corrected chi connectivity index (χ4v) is 1.52. The summed E-state index contributed by atoms with van der Waals surface area (Å²) >= 11 is 2.85. The predicted octanol–water partition coefficient (Wildman–Crippen LogP) is 3.96. The highest BCUT2D eigenvalue weighted by molar-refractivity contribution is 9.10. The van der Waals surface area contributed by atoms with Crippen LogP contribution < -0.4 is 0 Å². The second-order valence-electron chi connectivity index (χ2n) is 4.80. The van der Waals surface area contributed by atoms with Crippen molar-refractivity contribution in [1.29, 1.82) is 0 Å². The van der Waals surface area contributed by atoms with Gasteiger partial charge in [0.1, 0.15) is 5.60 Å². The van der Waals surface area contributed by atoms with Crippen molar-refractivity contribution in [2.75, 3.05) is 13.0 Å². The molecule has 5 heteroatoms. The van der Waals surface area contributed by atoms with Crippen molar-refractivity contribution in [1.82, 2.24) is 9.88 Å². The van der Waals surface area contributed by atoms with Crippen molar-refractivity contribution in [3.8, 4) is 0 Å². The molecule has 1 fully saturated rings. The van der Waals surface area contributed by atoms with Crippen LogP contribution in [0.1, 0.15) is 61.6 Å². The zero-order valence-electron chi connectivity index (χ0n) is 23.1. The lowest BCUT2D eigenvalue weighted by molar-refractivity contribution is 0.0197. The summed E-state index contributed by atoms with van der Waals surface area (Å²) in [4.78, 5) is 16.0. The molecule has 1 amide bonds. The van der Waals surface area contributed by atoms with Crippen molar-refractivity contribution in [2.24, 2.45) is 0 Å². The van der Waals surface area contributed by atoms with E-state index in [-0.39, 0.29) is 4.90 Å². The lowest BCUT2D eigenvalue weighted by Crippen LogP contribution is -2.42. The molecule has 1 aromatic rings. The SMILES string of the molecule is [2H]c1nc(C2([2H])C([2H])([2H])N(C(=O)OC(C)(C)C)C([2H])([2H])C([2H])([2H])C2([2H])[2H])c([2H])c(Br)c1[2H]. The number of hydrogen-bond acceptors (Lipinski definition) is 3. The maximum absolute atomic E-state index is 12.8. The summed E-state index contributed by atoms with van der Waals surface area (Å²) in [5.41, 5.74) is -2.37. The fourth-order valence-electron chi connectivity index (χ4n) is 1.24. The van der Waals surface area contributed by atoms with Gasteiger partial charge in [-0.3, -0.25) is 4.98 Å². The van der Waals surface area contributed by atoms with Gasteiger partial charge in [0.05, 0.1) is 6.85 Å². The molecule has 1 unspecified atom stereocenters. The number of carbonyl (C=O) groups is 1. The van der Waals surface area contributed by atoms with E-state index in [2.05, 4.69) is 20.9 Å². The minimum Gasteiger partial charge on any atom is -0.444 e. The highest BCUT2D eigenvalue weighted by Gasteiger charge is 2.28. The number of amides is 1. The second-order valence-corrected chi connectivity index (χ2v) is 5.59. The molecule has 0 aromatic carbocycles. The number of hydrogen-bond donors (Lipinski definition) is 0. The molecule has 1 aromatic heterocycles. The Morgan fingerprint density at radius 3 is 3.15 bits per heavy atom. The van der Waals surface area contributed by atoms with Crippen LogP contribution in [0.5, 0.6) is 0 Å². The number of nitrogens with zero attached hydrogens (tertiary/aromatic N) is 2. The molecule has 0 N–H and O–H groups in total. The first-order chi connectivity index (χ1) is 14.0. The smallest absolute Gasteiger partial charge is 0.410 e. The Bertz CT molecular complexity index is 965. The van der Waals surface area contributed by atoms with Crippen molar-refractivity contribution in [2.45, 2.75) is 45.0 Å². The molecule has 0 aliphatic carbocycles. The molecule has 0 radical (unpaired) electrons. The number of aromatic nitrogens is 1. The molecule has 2 heterocycles. The van der Waals surface area contributed by atoms with Gasteiger partial charge in [-0.25, -0.2) is 4.79 Å². The van der Waals surface area contributed by atoms with Crippen LogP contribution in [0.3, 0.4) is 0 Å². The van der Waals surface area contributed by atoms with Crippen LogP contribution >= 0.6 is 15.9 Å². The summed E-state index contributed by atoms with van der Waals surface area (Å²) in [6.45, 7) is -3.15. The molecule has 1 aliphatic rings. The van der Waals surface area contributed by atoms with Crippen molar-refractivity contribution >= 4 is 22.0 Å². The van der Waals surface area contributed by atoms with Gasteiger partial charge in [0.25, 0.3) is 0 Å². The standard InChI is InChI=1S/C15H21BrN2O2/c1-15(2,3)20-14(19)18-8-4-5-11(10-18)13-9-12(16)6-7-17-13/h6-7,9,11H,4-5,8,10H2,1-3H3/i4D2,5D2,6D,7D,8D2,9D,10D2,11D. The molecular formula is C15H21BrN2O2. The van der Waals surface area contributed by atoms with Crippen molar-refractivity contribution < 1.29 is 26.0 Å². The Hall–Kier alpha value is -1.10. The lowest BCUT2D eigenvalue weighted by Gasteiger charge is -2.33. The number of piperidine rings is 1. The summed E-state index contributed by atoms with van der Waals surface area (Å²) in [5, 5.41) is 0. The van der Waals surface area contributed by atoms with E-state index in [1.807, 2.05) is 0 Å². The third-order valence-electron chi connectivity index (χ3n) is 1.95. The number of likely N-dealkylation sites (tertiary alicyclic amines) is 1. The number of pyridine rings is 1. The molecule has 1 aliphatic heterocycles. The summed E-state index contributed by atoms with van der Waals surface area (Å²) < 4.78 is 103. The van der Waals surface area contributed by atoms with Gasteiger partial charge in [0.2, 0.25) is 0 Å². The van der Waals surface area contributed by atoms with E-state index in [0.717, 1.165) is 0 Å². The van der Waals surface area contributed by atoms with Crippen molar-refractivity contribution in [3.63, 3.8) is 0 Å². The lowest BCUT2D eigenvalue weighted by atomic mass is 9.94. The highest BCUT2D eigenvalue weighted by Crippen LogP contribution is 2.27. The van der Waals surface area contributed by atoms with Gasteiger partial charge in [0.15, 0.2) is 0 Å². The molecule has 2 rings (SSSR count). The van der Waals surface area contributed by atoms with Crippen LogP contribution in [-0.2, 0) is 4.74 Å². The minimum atomic E-state index is -3.73. The summed E-state index contributed by atoms with van der Waals surface area (Å²) in [6.07, 6.45) is -10.0. The largest absolute Gasteiger partial charge is 0.444 e. The Morgan fingerprint density at radius 1 is 1.70 bits per heavy atom. The second kappa shape index (κ2) is 6.12. The molecule has 1 atom stereocenters. The van der Waals surface area contributed by atoms with Gasteiger partial charge in [0, 0.05) is 44.8 Å². The van der Waals surface area contributed by atoms with E-state index < -0.39 is 71.8 Å². The zero-order chi connectivity index (χ0) is 25.5. The zero-order valence-corrected chi connectivity index (χ0v) is 12.7. The number of carbonyl (C=O) groups excluding carboxylic acids is 1. The average Bonchev–Trinajstić information content (AvgIpc) is 2.58. The van der Waals surface area contributed by atoms with Gasteiger partial charge in [-0.15, -0.1) is 0 Å². The van der Waals surface area contributed by atoms with Crippen LogP contribution in [0.2, 0.25) is 0 Å². The van der Waals surface area contributed by atoms with E-state index in [0.29, 0.717) is 0 Å². The van der Waals surface area contributed by atoms with Crippen LogP contribution in [0.15, 0.2) is 22.7 Å². The Labute approximate surface area is 145 Å². The summed E-state index contributed by atoms with van der Waals surface area (Å²) in [6, 6.07) is -1.49. The molecule has 0 spiro atoms. The molecular weight excluding hydrogens is 320 g/mol. The van der Waals surface area contributed by atoms with E-state index in [4.69, 9.17) is 21.2 Å². The molecule has 110 valence electrons. The molecule has 20 heavy (non-hydrogen) atoms. The number of halogens is 1. The maximum Gasteiger partial charge on any atom is 0.410 e. The van der Waals surface area contributed by atoms with E-state index in [1.165, 1.54) is 20.8 Å². The van der Waals surface area contributed by atoms with Crippen LogP contribution in [0.4, 0.5) is 4.79 Å². The van der Waals surface area contributed by atoms with E-state index in [9.17, 15) is 4.79 Å². The molecule has 0 saturated carbocycles. The van der Waals surface area contributed by atoms with Crippen LogP contribution in [0, 0.1) is 0 Å². The average molecular weight is 353 g/mol. The Kier molecular flexibility index (Phi) is 1.82. The van der Waals surface area contributed by atoms with Crippen LogP contribution in [-0.4, -0.2) is 34.6 Å². The third kappa shape index (κ3) is 4.20. The summed E-state index contributed by atoms with van der Waals surface area (Å²) in [7, 11) is 0. The normalized spacial score (nSPS) is 42.3. The molecule has 1 saturated heterocycles. The van der Waals surface area contributed by atoms with Gasteiger partial charge in [-0.05, 0) is 45.6 Å². The quantitative estimate of drug-likeness (QED) is 0.768. The fraction of sp³-hybridized carbons (Fsp3) is 0.600. The first kappa shape index (κ1) is 5.95. The maximum atomic E-state index is 12.8. The molecule has 4 nitrogen and oxygen atoms in total. The highest BCUT2D eigenvalue weighted by atomic mass is 79.9. The summed E-state index contributed by atoms with van der Waals surface area (Å²) in [5.74, 6) is -3.56. The van der Waals surface area contributed by atoms with E-state index in [1.54, 1.807) is 0 Å². The van der Waals surface area contributed by atoms with E-state index >= 15 is 0 Å². The first-order valence-corrected chi connectivity index (χ1v) is 6.46. The van der Waals surface area contributed by atoms with Gasteiger partial charge in [-0.1, -0.05) is 15.9 Å². The van der Waals surface area contributed by atoms with Crippen LogP contribution in [0.25, 0.3) is 0 Å². The topological polar surface area (TPSA) is 42.4 Å². The number of ether oxygens (including phenoxy) is 1. The number of rotatable bonds is 1. The monoisotopic (exact) mass is 352 g/mol. The first-order valence-electron chi connectivity index (χ1n) is 11.7. The third-order valence-corrected chi connectivity index (χ3v) is 2.35. The Morgan fingerprint density at radius 2 is 2.45 bits per heavy atom. The van der Waals surface area contributed by atoms with Gasteiger partial charge >= 0.3 is 6.09 Å². The van der Waals surface area contributed by atoms with Gasteiger partial charge < -0.3 is 9.64 Å². The minimum absolute atomic E-state index is 0.327. The predicted molar refractivity (Wildman–Crippen MR) is 81.7 cm³/mol. The molecule has 0 bridgehead atoms. The van der Waals surface area contributed by atoms with Crippen molar-refractivity contribution in [3.05, 3.63) is 28.4 Å². The Balaban J connectivity index is 2.99.